The van der Waals surface area contributed by atoms with Gasteiger partial charge >= 0.3 is 0 Å². The van der Waals surface area contributed by atoms with Crippen LogP contribution in [0.4, 0.5) is 0 Å². The van der Waals surface area contributed by atoms with E-state index < -0.39 is 18.0 Å². The zero-order chi connectivity index (χ0) is 33.1. The summed E-state index contributed by atoms with van der Waals surface area (Å²) in [4.78, 5) is 53.3. The molecule has 4 amide bonds. The number of likely N-dealkylation sites (tertiary alicyclic amines) is 1. The molecule has 1 saturated heterocycles. The minimum absolute atomic E-state index is 0.0396. The van der Waals surface area contributed by atoms with Gasteiger partial charge in [-0.15, -0.1) is 0 Å². The second kappa shape index (κ2) is 17.5. The smallest absolute Gasteiger partial charge is 0.251 e. The quantitative estimate of drug-likeness (QED) is 0.204. The van der Waals surface area contributed by atoms with E-state index in [0.717, 1.165) is 69.3 Å². The normalized spacial score (nSPS) is 19.5. The van der Waals surface area contributed by atoms with Gasteiger partial charge in [0.05, 0.1) is 0 Å². The summed E-state index contributed by atoms with van der Waals surface area (Å²) < 4.78 is 0. The lowest BCUT2D eigenvalue weighted by Gasteiger charge is -2.34. The molecule has 2 aromatic carbocycles. The predicted octanol–water partition coefficient (Wildman–Crippen LogP) is 4.93. The Kier molecular flexibility index (Phi) is 13.5. The monoisotopic (exact) mass is 651 g/mol. The minimum Gasteiger partial charge on any atom is -0.351 e. The van der Waals surface area contributed by atoms with E-state index in [1.165, 1.54) is 0 Å². The van der Waals surface area contributed by atoms with E-state index in [9.17, 15) is 19.2 Å². The molecule has 1 heterocycles. The Balaban J connectivity index is 1.25. The fourth-order valence-electron chi connectivity index (χ4n) is 6.41. The number of amides is 4. The molecule has 1 aliphatic carbocycles. The maximum atomic E-state index is 13.5. The van der Waals surface area contributed by atoms with Crippen LogP contribution in [0.2, 0.25) is 5.02 Å². The van der Waals surface area contributed by atoms with Crippen molar-refractivity contribution < 1.29 is 19.2 Å². The maximum Gasteiger partial charge on any atom is 0.251 e. The molecule has 250 valence electrons. The summed E-state index contributed by atoms with van der Waals surface area (Å²) in [6.07, 6.45) is 6.97. The molecule has 0 aromatic heterocycles. The Labute approximate surface area is 278 Å². The van der Waals surface area contributed by atoms with Crippen molar-refractivity contribution in [2.45, 2.75) is 103 Å². The highest BCUT2D eigenvalue weighted by Gasteiger charge is 2.32. The number of nitrogens with one attached hydrogen (secondary N) is 4. The Bertz CT molecular complexity index is 1330. The third kappa shape index (κ3) is 10.6. The standard InChI is InChI=1S/C36H50ClN5O4/c1-24(2)21-32(36(46)40-31-12-5-4-11-30(31)28-9-6-10-29(37)22-28)41-34(44)25(3)39-35(45)27-16-14-26(15-17-27)23-38-18-8-20-42-19-7-13-33(42)43/h6,9-10,14-17,22,24-25,30-32,38H,4-5,7-8,11-13,18-21,23H2,1-3H3,(H,39,45)(H,40,46)(H,41,44)/t25-,30-,31?,32-/m0/s1. The maximum absolute atomic E-state index is 13.5. The average Bonchev–Trinajstić information content (AvgIpc) is 3.44. The van der Waals surface area contributed by atoms with E-state index in [2.05, 4.69) is 27.3 Å². The van der Waals surface area contributed by atoms with E-state index in [4.69, 9.17) is 11.6 Å². The van der Waals surface area contributed by atoms with Crippen LogP contribution in [0.15, 0.2) is 48.5 Å². The van der Waals surface area contributed by atoms with Crippen LogP contribution < -0.4 is 21.3 Å². The van der Waals surface area contributed by atoms with E-state index in [1.807, 2.05) is 49.1 Å². The van der Waals surface area contributed by atoms with Crippen LogP contribution in [0.3, 0.4) is 0 Å². The van der Waals surface area contributed by atoms with E-state index in [1.54, 1.807) is 19.1 Å². The SMILES string of the molecule is CC(C)C[C@H](NC(=O)[C@H](C)NC(=O)c1ccc(CNCCCN2CCCC2=O)cc1)C(=O)NC1CCCC[C@H]1c1cccc(Cl)c1. The predicted molar refractivity (Wildman–Crippen MR) is 181 cm³/mol. The lowest BCUT2D eigenvalue weighted by atomic mass is 9.80. The topological polar surface area (TPSA) is 120 Å². The molecule has 4 rings (SSSR count). The third-order valence-corrected chi connectivity index (χ3v) is 9.18. The van der Waals surface area contributed by atoms with Crippen molar-refractivity contribution in [3.63, 3.8) is 0 Å². The van der Waals surface area contributed by atoms with Crippen molar-refractivity contribution in [2.75, 3.05) is 19.6 Å². The summed E-state index contributed by atoms with van der Waals surface area (Å²) in [5, 5.41) is 13.0. The number of hydrogen-bond acceptors (Lipinski definition) is 5. The molecule has 1 aliphatic heterocycles. The van der Waals surface area contributed by atoms with Gasteiger partial charge in [-0.3, -0.25) is 19.2 Å². The molecular formula is C36H50ClN5O4. The average molecular weight is 652 g/mol. The second-order valence-electron chi connectivity index (χ2n) is 13.2. The van der Waals surface area contributed by atoms with Crippen molar-refractivity contribution in [3.8, 4) is 0 Å². The van der Waals surface area contributed by atoms with Gasteiger partial charge in [0.15, 0.2) is 0 Å². The number of carbonyl (C=O) groups is 4. The van der Waals surface area contributed by atoms with Gasteiger partial charge in [0, 0.05) is 48.6 Å². The molecular weight excluding hydrogens is 602 g/mol. The van der Waals surface area contributed by atoms with Gasteiger partial charge in [-0.1, -0.05) is 62.6 Å². The van der Waals surface area contributed by atoms with Crippen LogP contribution in [0.25, 0.3) is 0 Å². The van der Waals surface area contributed by atoms with E-state index >= 15 is 0 Å². The van der Waals surface area contributed by atoms with Crippen molar-refractivity contribution >= 4 is 35.2 Å². The Morgan fingerprint density at radius 1 is 0.957 bits per heavy atom. The van der Waals surface area contributed by atoms with Gasteiger partial charge in [0.2, 0.25) is 17.7 Å². The Morgan fingerprint density at radius 3 is 2.41 bits per heavy atom. The van der Waals surface area contributed by atoms with Crippen LogP contribution in [-0.4, -0.2) is 66.3 Å². The zero-order valence-electron chi connectivity index (χ0n) is 27.4. The zero-order valence-corrected chi connectivity index (χ0v) is 28.2. The van der Waals surface area contributed by atoms with Crippen LogP contribution >= 0.6 is 11.6 Å². The number of benzene rings is 2. The van der Waals surface area contributed by atoms with Gasteiger partial charge < -0.3 is 26.2 Å². The van der Waals surface area contributed by atoms with Crippen LogP contribution in [0.5, 0.6) is 0 Å². The first kappa shape index (κ1) is 35.4. The van der Waals surface area contributed by atoms with Gasteiger partial charge in [-0.05, 0) is 86.9 Å². The lowest BCUT2D eigenvalue weighted by Crippen LogP contribution is -2.55. The van der Waals surface area contributed by atoms with Crippen molar-refractivity contribution in [2.24, 2.45) is 5.92 Å². The summed E-state index contributed by atoms with van der Waals surface area (Å²) in [6.45, 7) is 8.77. The number of carbonyl (C=O) groups excluding carboxylic acids is 4. The number of hydrogen-bond donors (Lipinski definition) is 4. The lowest BCUT2D eigenvalue weighted by molar-refractivity contribution is -0.130. The number of rotatable bonds is 15. The molecule has 0 spiro atoms. The third-order valence-electron chi connectivity index (χ3n) is 8.95. The van der Waals surface area contributed by atoms with Gasteiger partial charge in [-0.2, -0.15) is 0 Å². The van der Waals surface area contributed by atoms with Crippen LogP contribution in [0.1, 0.15) is 99.5 Å². The van der Waals surface area contributed by atoms with Crippen molar-refractivity contribution in [1.82, 2.24) is 26.2 Å². The highest BCUT2D eigenvalue weighted by Crippen LogP contribution is 2.34. The van der Waals surface area contributed by atoms with Gasteiger partial charge in [0.1, 0.15) is 12.1 Å². The molecule has 0 bridgehead atoms. The summed E-state index contributed by atoms with van der Waals surface area (Å²) in [5.41, 5.74) is 2.61. The minimum atomic E-state index is -0.826. The van der Waals surface area contributed by atoms with Crippen molar-refractivity contribution in [1.29, 1.82) is 0 Å². The summed E-state index contributed by atoms with van der Waals surface area (Å²) in [5.74, 6) is -0.361. The second-order valence-corrected chi connectivity index (χ2v) is 13.6. The molecule has 2 aromatic rings. The first-order valence-electron chi connectivity index (χ1n) is 16.8. The summed E-state index contributed by atoms with van der Waals surface area (Å²) >= 11 is 6.27. The van der Waals surface area contributed by atoms with Gasteiger partial charge in [-0.25, -0.2) is 0 Å². The van der Waals surface area contributed by atoms with Crippen LogP contribution in [0, 0.1) is 5.92 Å². The number of nitrogens with zero attached hydrogens (tertiary/aromatic N) is 1. The molecule has 10 heteroatoms. The molecule has 9 nitrogen and oxygen atoms in total. The molecule has 0 radical (unpaired) electrons. The van der Waals surface area contributed by atoms with Crippen molar-refractivity contribution in [3.05, 3.63) is 70.2 Å². The molecule has 4 N–H and O–H groups in total. The highest BCUT2D eigenvalue weighted by molar-refractivity contribution is 6.30. The Hall–Kier alpha value is -3.43. The highest BCUT2D eigenvalue weighted by atomic mass is 35.5. The Morgan fingerprint density at radius 2 is 1.72 bits per heavy atom. The largest absolute Gasteiger partial charge is 0.351 e. The molecule has 1 saturated carbocycles. The number of halogens is 1. The first-order chi connectivity index (χ1) is 22.1. The van der Waals surface area contributed by atoms with E-state index in [0.29, 0.717) is 30.0 Å². The molecule has 46 heavy (non-hydrogen) atoms. The molecule has 4 atom stereocenters. The summed E-state index contributed by atoms with van der Waals surface area (Å²) in [6, 6.07) is 13.5. The first-order valence-corrected chi connectivity index (χ1v) is 17.2. The summed E-state index contributed by atoms with van der Waals surface area (Å²) in [7, 11) is 0. The molecule has 1 unspecified atom stereocenters. The fraction of sp³-hybridized carbons (Fsp3) is 0.556. The fourth-order valence-corrected chi connectivity index (χ4v) is 6.61. The van der Waals surface area contributed by atoms with Crippen LogP contribution in [-0.2, 0) is 20.9 Å². The molecule has 2 aliphatic rings. The molecule has 2 fully saturated rings. The van der Waals surface area contributed by atoms with Gasteiger partial charge in [0.25, 0.3) is 5.91 Å². The van der Waals surface area contributed by atoms with E-state index in [-0.39, 0.29) is 35.6 Å².